The number of hydrogen-bond donors (Lipinski definition) is 2. The molecule has 2 aliphatic rings. The maximum Gasteiger partial charge on any atom is 0.356 e. The average Bonchev–Trinajstić information content (AvgIpc) is 2.82. The van der Waals surface area contributed by atoms with E-state index < -0.39 is 5.97 Å². The van der Waals surface area contributed by atoms with Gasteiger partial charge in [0.25, 0.3) is 0 Å². The number of aromatic amines is 1. The number of amides is 1. The molecule has 6 nitrogen and oxygen atoms in total. The van der Waals surface area contributed by atoms with Gasteiger partial charge in [-0.2, -0.15) is 5.10 Å². The van der Waals surface area contributed by atoms with Crippen molar-refractivity contribution >= 4 is 11.9 Å². The summed E-state index contributed by atoms with van der Waals surface area (Å²) in [6.07, 6.45) is 1.50. The van der Waals surface area contributed by atoms with E-state index in [4.69, 9.17) is 5.11 Å². The Bertz CT molecular complexity index is 561. The van der Waals surface area contributed by atoms with Crippen LogP contribution in [0.4, 0.5) is 0 Å². The largest absolute Gasteiger partial charge is 0.476 e. The number of carbonyl (C=O) groups is 2. The van der Waals surface area contributed by atoms with Crippen LogP contribution in [0.5, 0.6) is 0 Å². The number of carboxylic acid groups (broad SMARTS) is 1. The predicted molar refractivity (Wildman–Crippen MR) is 66.6 cm³/mol. The van der Waals surface area contributed by atoms with Gasteiger partial charge in [-0.15, -0.1) is 0 Å². The molecule has 1 saturated carbocycles. The number of fused-ring (bicyclic) bond motifs is 1. The van der Waals surface area contributed by atoms with Crippen molar-refractivity contribution < 1.29 is 14.7 Å². The Morgan fingerprint density at radius 3 is 2.74 bits per heavy atom. The van der Waals surface area contributed by atoms with E-state index in [2.05, 4.69) is 24.0 Å². The van der Waals surface area contributed by atoms with Crippen LogP contribution in [0.1, 0.15) is 42.0 Å². The first kappa shape index (κ1) is 12.2. The van der Waals surface area contributed by atoms with Crippen molar-refractivity contribution in [3.05, 3.63) is 17.0 Å². The highest BCUT2D eigenvalue weighted by molar-refractivity contribution is 5.88. The molecule has 0 aromatic carbocycles. The van der Waals surface area contributed by atoms with Gasteiger partial charge >= 0.3 is 5.97 Å². The van der Waals surface area contributed by atoms with E-state index >= 15 is 0 Å². The summed E-state index contributed by atoms with van der Waals surface area (Å²) in [5, 5.41) is 15.6. The summed E-state index contributed by atoms with van der Waals surface area (Å²) in [7, 11) is 0. The molecule has 1 aromatic heterocycles. The fraction of sp³-hybridized carbons (Fsp3) is 0.615. The normalized spacial score (nSPS) is 23.9. The quantitative estimate of drug-likeness (QED) is 0.834. The zero-order valence-corrected chi connectivity index (χ0v) is 11.1. The van der Waals surface area contributed by atoms with Crippen LogP contribution >= 0.6 is 0 Å². The highest BCUT2D eigenvalue weighted by Crippen LogP contribution is 2.52. The molecule has 1 atom stereocenters. The number of H-pyrrole nitrogens is 1. The molecule has 1 fully saturated rings. The number of nitrogens with one attached hydrogen (secondary N) is 1. The Morgan fingerprint density at radius 1 is 1.47 bits per heavy atom. The molecule has 6 heteroatoms. The lowest BCUT2D eigenvalue weighted by atomic mass is 10.0. The predicted octanol–water partition coefficient (Wildman–Crippen LogP) is 1.04. The van der Waals surface area contributed by atoms with Gasteiger partial charge in [0.1, 0.15) is 0 Å². The first-order chi connectivity index (χ1) is 8.90. The first-order valence-corrected chi connectivity index (χ1v) is 6.48. The van der Waals surface area contributed by atoms with Crippen molar-refractivity contribution in [3.8, 4) is 0 Å². The summed E-state index contributed by atoms with van der Waals surface area (Å²) in [6.45, 7) is 5.23. The average molecular weight is 263 g/mol. The Hall–Kier alpha value is -1.85. The molecule has 1 amide bonds. The molecule has 3 rings (SSSR count). The number of carbonyl (C=O) groups excluding carboxylic acids is 1. The Balaban J connectivity index is 1.76. The lowest BCUT2D eigenvalue weighted by Crippen LogP contribution is -2.37. The number of aromatic carboxylic acids is 1. The molecular weight excluding hydrogens is 246 g/mol. The van der Waals surface area contributed by atoms with E-state index in [0.29, 0.717) is 19.5 Å². The van der Waals surface area contributed by atoms with Gasteiger partial charge in [0.2, 0.25) is 5.91 Å². The van der Waals surface area contributed by atoms with Crippen LogP contribution in [-0.2, 0) is 17.8 Å². The van der Waals surface area contributed by atoms with Crippen LogP contribution in [-0.4, -0.2) is 38.6 Å². The minimum absolute atomic E-state index is 0.0915. The highest BCUT2D eigenvalue weighted by atomic mass is 16.4. The lowest BCUT2D eigenvalue weighted by Gasteiger charge is -2.27. The van der Waals surface area contributed by atoms with Gasteiger partial charge in [-0.1, -0.05) is 13.8 Å². The zero-order chi connectivity index (χ0) is 13.8. The minimum atomic E-state index is -1.01. The van der Waals surface area contributed by atoms with E-state index in [1.807, 2.05) is 4.90 Å². The van der Waals surface area contributed by atoms with Gasteiger partial charge in [0.15, 0.2) is 5.69 Å². The van der Waals surface area contributed by atoms with Crippen molar-refractivity contribution in [1.29, 1.82) is 0 Å². The Kier molecular flexibility index (Phi) is 2.45. The Labute approximate surface area is 110 Å². The molecule has 19 heavy (non-hydrogen) atoms. The van der Waals surface area contributed by atoms with Crippen LogP contribution in [0.2, 0.25) is 0 Å². The number of aromatic nitrogens is 2. The minimum Gasteiger partial charge on any atom is -0.476 e. The van der Waals surface area contributed by atoms with Gasteiger partial charge in [0, 0.05) is 18.0 Å². The van der Waals surface area contributed by atoms with Crippen LogP contribution in [0.25, 0.3) is 0 Å². The van der Waals surface area contributed by atoms with Crippen molar-refractivity contribution in [2.24, 2.45) is 11.3 Å². The second-order valence-corrected chi connectivity index (χ2v) is 6.09. The van der Waals surface area contributed by atoms with Crippen molar-refractivity contribution in [3.63, 3.8) is 0 Å². The van der Waals surface area contributed by atoms with E-state index in [1.165, 1.54) is 0 Å². The van der Waals surface area contributed by atoms with Gasteiger partial charge in [-0.3, -0.25) is 9.89 Å². The number of carboxylic acids is 1. The second-order valence-electron chi connectivity index (χ2n) is 6.09. The zero-order valence-electron chi connectivity index (χ0n) is 11.1. The van der Waals surface area contributed by atoms with Crippen LogP contribution in [0.3, 0.4) is 0 Å². The van der Waals surface area contributed by atoms with E-state index in [0.717, 1.165) is 17.7 Å². The molecule has 0 unspecified atom stereocenters. The van der Waals surface area contributed by atoms with E-state index in [9.17, 15) is 9.59 Å². The fourth-order valence-electron chi connectivity index (χ4n) is 2.79. The maximum absolute atomic E-state index is 12.3. The molecule has 2 heterocycles. The standard InChI is InChI=1S/C13H17N3O3/c1-13(2)5-8(13)11(17)16-4-3-7-9(6-16)14-15-10(7)12(18)19/h8H,3-6H2,1-2H3,(H,14,15)(H,18,19)/t8-/m1/s1. The Morgan fingerprint density at radius 2 is 2.16 bits per heavy atom. The van der Waals surface area contributed by atoms with Crippen molar-refractivity contribution in [1.82, 2.24) is 15.1 Å². The molecule has 1 aromatic rings. The molecule has 102 valence electrons. The molecule has 0 saturated heterocycles. The van der Waals surface area contributed by atoms with Gasteiger partial charge in [0.05, 0.1) is 12.2 Å². The highest BCUT2D eigenvalue weighted by Gasteiger charge is 2.52. The molecule has 0 bridgehead atoms. The lowest BCUT2D eigenvalue weighted by molar-refractivity contribution is -0.134. The number of nitrogens with zero attached hydrogens (tertiary/aromatic N) is 2. The smallest absolute Gasteiger partial charge is 0.356 e. The third-order valence-electron chi connectivity index (χ3n) is 4.26. The summed E-state index contributed by atoms with van der Waals surface area (Å²) in [4.78, 5) is 25.1. The van der Waals surface area contributed by atoms with Gasteiger partial charge in [-0.25, -0.2) is 4.79 Å². The molecule has 0 spiro atoms. The number of hydrogen-bond acceptors (Lipinski definition) is 3. The van der Waals surface area contributed by atoms with Crippen LogP contribution < -0.4 is 0 Å². The third kappa shape index (κ3) is 1.91. The maximum atomic E-state index is 12.3. The van der Waals surface area contributed by atoms with E-state index in [-0.39, 0.29) is 22.9 Å². The summed E-state index contributed by atoms with van der Waals surface area (Å²) < 4.78 is 0. The second kappa shape index (κ2) is 3.82. The summed E-state index contributed by atoms with van der Waals surface area (Å²) in [5.74, 6) is -0.710. The molecule has 0 radical (unpaired) electrons. The number of rotatable bonds is 2. The van der Waals surface area contributed by atoms with Crippen molar-refractivity contribution in [2.75, 3.05) is 6.54 Å². The first-order valence-electron chi connectivity index (χ1n) is 6.48. The van der Waals surface area contributed by atoms with Crippen LogP contribution in [0, 0.1) is 11.3 Å². The molecule has 2 N–H and O–H groups in total. The summed E-state index contributed by atoms with van der Waals surface area (Å²) >= 11 is 0. The van der Waals surface area contributed by atoms with E-state index in [1.54, 1.807) is 0 Å². The summed E-state index contributed by atoms with van der Waals surface area (Å²) in [6, 6.07) is 0. The van der Waals surface area contributed by atoms with Crippen molar-refractivity contribution in [2.45, 2.75) is 33.2 Å². The monoisotopic (exact) mass is 263 g/mol. The van der Waals surface area contributed by atoms with Crippen LogP contribution in [0.15, 0.2) is 0 Å². The third-order valence-corrected chi connectivity index (χ3v) is 4.26. The molecule has 1 aliphatic carbocycles. The van der Waals surface area contributed by atoms with Gasteiger partial charge < -0.3 is 10.0 Å². The SMILES string of the molecule is CC1(C)C[C@@H]1C(=O)N1CCc2c(C(=O)O)n[nH]c2C1. The topological polar surface area (TPSA) is 86.3 Å². The fourth-order valence-corrected chi connectivity index (χ4v) is 2.79. The molecule has 1 aliphatic heterocycles. The molecular formula is C13H17N3O3. The summed E-state index contributed by atoms with van der Waals surface area (Å²) in [5.41, 5.74) is 1.72. The van der Waals surface area contributed by atoms with Gasteiger partial charge in [-0.05, 0) is 18.3 Å².